The van der Waals surface area contributed by atoms with Crippen LogP contribution < -0.4 is 0 Å². The van der Waals surface area contributed by atoms with Crippen molar-refractivity contribution in [2.45, 2.75) is 38.0 Å². The molecular formula is C50H40N4. The summed E-state index contributed by atoms with van der Waals surface area (Å²) in [5.74, 6) is 5.69. The molecule has 7 aromatic rings. The minimum Gasteiger partial charge on any atom is -0.208 e. The molecule has 3 aliphatic carbocycles. The van der Waals surface area contributed by atoms with Crippen LogP contribution in [0, 0.1) is 35.0 Å². The van der Waals surface area contributed by atoms with Gasteiger partial charge in [-0.1, -0.05) is 140 Å². The van der Waals surface area contributed by atoms with Crippen molar-refractivity contribution < 1.29 is 0 Å². The van der Waals surface area contributed by atoms with E-state index in [1.807, 2.05) is 84.9 Å². The van der Waals surface area contributed by atoms with Crippen LogP contribution in [0.15, 0.2) is 152 Å². The summed E-state index contributed by atoms with van der Waals surface area (Å²) >= 11 is 0. The van der Waals surface area contributed by atoms with Crippen molar-refractivity contribution in [2.24, 2.45) is 23.7 Å². The van der Waals surface area contributed by atoms with Crippen molar-refractivity contribution in [2.75, 3.05) is 0 Å². The van der Waals surface area contributed by atoms with Crippen molar-refractivity contribution >= 4 is 0 Å². The second-order valence-corrected chi connectivity index (χ2v) is 15.9. The topological polar surface area (TPSA) is 62.5 Å². The van der Waals surface area contributed by atoms with Gasteiger partial charge in [0.05, 0.1) is 11.6 Å². The van der Waals surface area contributed by atoms with Crippen LogP contribution >= 0.6 is 0 Å². The summed E-state index contributed by atoms with van der Waals surface area (Å²) in [4.78, 5) is 15.3. The quantitative estimate of drug-likeness (QED) is 0.166. The highest BCUT2D eigenvalue weighted by Gasteiger charge is 2.59. The number of aromatic nitrogens is 3. The number of benzene rings is 6. The molecule has 1 aromatic heterocycles. The number of hydrogen-bond acceptors (Lipinski definition) is 4. The van der Waals surface area contributed by atoms with Crippen LogP contribution in [0.3, 0.4) is 0 Å². The van der Waals surface area contributed by atoms with Gasteiger partial charge in [0, 0.05) is 22.3 Å². The largest absolute Gasteiger partial charge is 0.208 e. The van der Waals surface area contributed by atoms with Gasteiger partial charge >= 0.3 is 0 Å². The first-order valence-electron chi connectivity index (χ1n) is 19.3. The van der Waals surface area contributed by atoms with Gasteiger partial charge in [-0.2, -0.15) is 5.26 Å². The average molecular weight is 697 g/mol. The molecule has 0 saturated heterocycles. The fourth-order valence-electron chi connectivity index (χ4n) is 10.1. The molecule has 0 N–H and O–H groups in total. The number of nitrogens with zero attached hydrogens (tertiary/aromatic N) is 4. The van der Waals surface area contributed by atoms with Gasteiger partial charge in [-0.05, 0) is 106 Å². The van der Waals surface area contributed by atoms with E-state index in [-0.39, 0.29) is 5.41 Å². The highest BCUT2D eigenvalue weighted by molar-refractivity contribution is 6.01. The molecule has 5 atom stereocenters. The van der Waals surface area contributed by atoms with Gasteiger partial charge in [0.25, 0.3) is 0 Å². The third-order valence-electron chi connectivity index (χ3n) is 12.7. The normalized spacial score (nSPS) is 22.3. The van der Waals surface area contributed by atoms with Crippen LogP contribution in [-0.4, -0.2) is 15.0 Å². The Morgan fingerprint density at radius 2 is 1.02 bits per heavy atom. The Morgan fingerprint density at radius 1 is 0.500 bits per heavy atom. The molecule has 6 aromatic carbocycles. The molecule has 260 valence electrons. The van der Waals surface area contributed by atoms with E-state index in [1.54, 1.807) is 0 Å². The molecule has 0 aliphatic heterocycles. The van der Waals surface area contributed by atoms with Gasteiger partial charge in [0.1, 0.15) is 0 Å². The van der Waals surface area contributed by atoms with E-state index in [9.17, 15) is 5.26 Å². The van der Waals surface area contributed by atoms with Gasteiger partial charge in [0.2, 0.25) is 0 Å². The van der Waals surface area contributed by atoms with Crippen molar-refractivity contribution in [3.05, 3.63) is 163 Å². The zero-order valence-corrected chi connectivity index (χ0v) is 30.4. The zero-order chi connectivity index (χ0) is 36.2. The lowest BCUT2D eigenvalue weighted by Gasteiger charge is -2.65. The monoisotopic (exact) mass is 696 g/mol. The lowest BCUT2D eigenvalue weighted by molar-refractivity contribution is -0.141. The zero-order valence-electron chi connectivity index (χ0n) is 30.4. The van der Waals surface area contributed by atoms with Crippen LogP contribution in [0.5, 0.6) is 0 Å². The van der Waals surface area contributed by atoms with Gasteiger partial charge in [0.15, 0.2) is 17.5 Å². The molecule has 3 fully saturated rings. The summed E-state index contributed by atoms with van der Waals surface area (Å²) < 4.78 is 0. The van der Waals surface area contributed by atoms with Gasteiger partial charge in [-0.3, -0.25) is 0 Å². The van der Waals surface area contributed by atoms with Crippen molar-refractivity contribution in [1.29, 1.82) is 5.26 Å². The highest BCUT2D eigenvalue weighted by Crippen LogP contribution is 2.67. The van der Waals surface area contributed by atoms with Crippen LogP contribution in [0.25, 0.3) is 67.5 Å². The van der Waals surface area contributed by atoms with E-state index >= 15 is 0 Å². The Kier molecular flexibility index (Phi) is 7.84. The Balaban J connectivity index is 1.18. The smallest absolute Gasteiger partial charge is 0.164 e. The predicted molar refractivity (Wildman–Crippen MR) is 217 cm³/mol. The molecule has 0 spiro atoms. The van der Waals surface area contributed by atoms with E-state index in [0.717, 1.165) is 73.7 Å². The molecule has 0 amide bonds. The molecule has 3 unspecified atom stereocenters. The lowest BCUT2D eigenvalue weighted by atomic mass is 9.39. The van der Waals surface area contributed by atoms with Gasteiger partial charge in [-0.25, -0.2) is 15.0 Å². The second kappa shape index (κ2) is 13.0. The van der Waals surface area contributed by atoms with Crippen LogP contribution in [0.4, 0.5) is 0 Å². The maximum atomic E-state index is 10.1. The highest BCUT2D eigenvalue weighted by atomic mass is 15.0. The second-order valence-electron chi connectivity index (χ2n) is 15.9. The molecule has 0 radical (unpaired) electrons. The first-order chi connectivity index (χ1) is 26.5. The summed E-state index contributed by atoms with van der Waals surface area (Å²) in [5, 5.41) is 10.1. The molecule has 10 rings (SSSR count). The Labute approximate surface area is 317 Å². The van der Waals surface area contributed by atoms with Gasteiger partial charge < -0.3 is 0 Å². The minimum atomic E-state index is 0.227. The Hall–Kier alpha value is -6.18. The maximum Gasteiger partial charge on any atom is 0.164 e. The molecule has 0 bridgehead atoms. The van der Waals surface area contributed by atoms with Crippen LogP contribution in [0.2, 0.25) is 0 Å². The molecule has 4 heteroatoms. The van der Waals surface area contributed by atoms with E-state index in [2.05, 4.69) is 79.7 Å². The summed E-state index contributed by atoms with van der Waals surface area (Å²) in [6.07, 6.45) is 5.50. The van der Waals surface area contributed by atoms with Crippen molar-refractivity contribution in [3.63, 3.8) is 0 Å². The molecule has 1 heterocycles. The van der Waals surface area contributed by atoms with Crippen LogP contribution in [0.1, 0.15) is 43.7 Å². The summed E-state index contributed by atoms with van der Waals surface area (Å²) in [6, 6.07) is 54.9. The van der Waals surface area contributed by atoms with E-state index in [0.29, 0.717) is 23.0 Å². The van der Waals surface area contributed by atoms with Crippen molar-refractivity contribution in [3.8, 4) is 73.6 Å². The maximum absolute atomic E-state index is 10.1. The van der Waals surface area contributed by atoms with Crippen molar-refractivity contribution in [1.82, 2.24) is 15.0 Å². The van der Waals surface area contributed by atoms with Crippen LogP contribution in [-0.2, 0) is 5.41 Å². The SMILES string of the molecule is CC1(c2ccc(-c3ccc(-c4nc(-c5ccccc5)nc(-c5ccccc5)n4)c(-c4ccccc4)c3-c3cccc(C#N)c3)cc2)C[C@H]2CC3C[C@@H](C1)C32. The third kappa shape index (κ3) is 5.55. The standard InChI is InChI=1S/C50H40N4/c1-50(29-39-27-38-28-40(30-50)44(38)39)41-22-20-33(21-23-41)42-24-25-43(45(34-13-5-2-6-14-34)46(42)37-19-11-12-32(26-37)31-51)49-53-47(35-15-7-3-8-16-35)52-48(54-49)36-17-9-4-10-18-36/h2-26,38-40,44H,27-30H2,1H3/t38?,39-,40+,44?,50?. The Bertz CT molecular complexity index is 2460. The van der Waals surface area contributed by atoms with E-state index in [4.69, 9.17) is 15.0 Å². The molecule has 3 saturated carbocycles. The first kappa shape index (κ1) is 32.5. The number of hydrogen-bond donors (Lipinski definition) is 0. The average Bonchev–Trinajstić information content (AvgIpc) is 3.22. The molecule has 3 aliphatic rings. The predicted octanol–water partition coefficient (Wildman–Crippen LogP) is 12.1. The third-order valence-corrected chi connectivity index (χ3v) is 12.7. The first-order valence-corrected chi connectivity index (χ1v) is 19.3. The summed E-state index contributed by atoms with van der Waals surface area (Å²) in [6.45, 7) is 2.51. The summed E-state index contributed by atoms with van der Waals surface area (Å²) in [5.41, 5.74) is 11.4. The minimum absolute atomic E-state index is 0.227. The van der Waals surface area contributed by atoms with E-state index < -0.39 is 0 Å². The fraction of sp³-hybridized carbons (Fsp3) is 0.200. The van der Waals surface area contributed by atoms with Gasteiger partial charge in [-0.15, -0.1) is 0 Å². The molecule has 54 heavy (non-hydrogen) atoms. The lowest BCUT2D eigenvalue weighted by Crippen LogP contribution is -2.58. The van der Waals surface area contributed by atoms with E-state index in [1.165, 1.54) is 31.2 Å². The fourth-order valence-corrected chi connectivity index (χ4v) is 10.1. The Morgan fingerprint density at radius 3 is 1.59 bits per heavy atom. The molecule has 4 nitrogen and oxygen atoms in total. The summed E-state index contributed by atoms with van der Waals surface area (Å²) in [7, 11) is 0. The number of rotatable bonds is 7. The number of nitriles is 1. The molecular weight excluding hydrogens is 657 g/mol.